The maximum atomic E-state index is 6.64. The van der Waals surface area contributed by atoms with E-state index in [2.05, 4.69) is 156 Å². The van der Waals surface area contributed by atoms with Gasteiger partial charge in [0.15, 0.2) is 11.4 Å². The van der Waals surface area contributed by atoms with Crippen LogP contribution in [0.3, 0.4) is 0 Å². The highest BCUT2D eigenvalue weighted by atomic mass is 32.1. The van der Waals surface area contributed by atoms with Gasteiger partial charge >= 0.3 is 0 Å². The van der Waals surface area contributed by atoms with Crippen molar-refractivity contribution >= 4 is 128 Å². The van der Waals surface area contributed by atoms with Crippen molar-refractivity contribution in [1.82, 2.24) is 14.5 Å². The molecule has 9 aromatic carbocycles. The van der Waals surface area contributed by atoms with Crippen LogP contribution in [0.4, 0.5) is 0 Å². The molecule has 268 valence electrons. The van der Waals surface area contributed by atoms with Crippen LogP contribution in [-0.2, 0) is 0 Å². The van der Waals surface area contributed by atoms with Crippen LogP contribution in [-0.4, -0.2) is 14.5 Å². The highest BCUT2D eigenvalue weighted by Crippen LogP contribution is 2.48. The molecule has 4 nitrogen and oxygen atoms in total. The molecule has 0 aliphatic heterocycles. The van der Waals surface area contributed by atoms with E-state index in [1.165, 1.54) is 72.9 Å². The maximum absolute atomic E-state index is 6.64. The lowest BCUT2D eigenvalue weighted by molar-refractivity contribution is 0.667. The number of aromatic nitrogens is 3. The molecule has 0 spiro atoms. The van der Waals surface area contributed by atoms with E-state index in [0.717, 1.165) is 49.8 Å². The summed E-state index contributed by atoms with van der Waals surface area (Å²) in [5.74, 6) is 0.676. The number of rotatable bonds is 3. The van der Waals surface area contributed by atoms with E-state index in [0.29, 0.717) is 11.4 Å². The molecule has 0 radical (unpaired) electrons. The number of furan rings is 1. The van der Waals surface area contributed by atoms with Crippen molar-refractivity contribution in [2.24, 2.45) is 0 Å². The summed E-state index contributed by atoms with van der Waals surface area (Å²) in [6.45, 7) is 0. The standard InChI is InChI=1S/C52H27N3OS2/c1-2-13-31-30(12-1)34(24-27-37(31)55-38-25-22-28-10-7-20-42-44(28)46(38)47-39(55)26-23-29-11-8-21-43(57-42)45(29)47)52-53-48-35-15-3-5-18-40(35)56-50(48)49(54-52)36-17-9-16-33-32-14-4-6-19-41(32)58-51(33)36/h1-27H. The predicted molar refractivity (Wildman–Crippen MR) is 246 cm³/mol. The van der Waals surface area contributed by atoms with Crippen LogP contribution in [0, 0.1) is 0 Å². The number of hydrogen-bond acceptors (Lipinski definition) is 5. The summed E-state index contributed by atoms with van der Waals surface area (Å²) in [6.07, 6.45) is 0. The third-order valence-electron chi connectivity index (χ3n) is 12.2. The fourth-order valence-electron chi connectivity index (χ4n) is 9.73. The molecule has 0 aliphatic carbocycles. The Kier molecular flexibility index (Phi) is 6.02. The first kappa shape index (κ1) is 31.0. The van der Waals surface area contributed by atoms with Crippen LogP contribution < -0.4 is 0 Å². The molecule has 0 N–H and O–H groups in total. The summed E-state index contributed by atoms with van der Waals surface area (Å²) in [6, 6.07) is 59.2. The van der Waals surface area contributed by atoms with Gasteiger partial charge in [0.1, 0.15) is 16.8 Å². The SMILES string of the molecule is c1ccc2c(c1)oc1c(-c3cccc4c3sc3ccccc34)nc(-c3ccc(-n4c5ccc6cccc7sc8cccc9ccc4c(c98)c5c67)c4ccccc34)nc12. The van der Waals surface area contributed by atoms with Crippen LogP contribution in [0.15, 0.2) is 168 Å². The van der Waals surface area contributed by atoms with Gasteiger partial charge in [0.25, 0.3) is 0 Å². The van der Waals surface area contributed by atoms with Crippen molar-refractivity contribution in [1.29, 1.82) is 0 Å². The van der Waals surface area contributed by atoms with Gasteiger partial charge in [-0.25, -0.2) is 9.97 Å². The Labute approximate surface area is 337 Å². The van der Waals surface area contributed by atoms with Crippen molar-refractivity contribution in [2.45, 2.75) is 0 Å². The second kappa shape index (κ2) is 11.3. The maximum Gasteiger partial charge on any atom is 0.180 e. The lowest BCUT2D eigenvalue weighted by Gasteiger charge is -2.15. The number of hydrogen-bond donors (Lipinski definition) is 0. The summed E-state index contributed by atoms with van der Waals surface area (Å²) in [5, 5.41) is 13.5. The Morgan fingerprint density at radius 1 is 0.431 bits per heavy atom. The molecular formula is C52H27N3OS2. The normalized spacial score (nSPS) is 12.5. The van der Waals surface area contributed by atoms with Crippen molar-refractivity contribution in [3.8, 4) is 28.3 Å². The number of nitrogens with zero attached hydrogens (tertiary/aromatic N) is 3. The Morgan fingerprint density at radius 3 is 1.84 bits per heavy atom. The smallest absolute Gasteiger partial charge is 0.180 e. The van der Waals surface area contributed by atoms with Crippen molar-refractivity contribution in [3.05, 3.63) is 164 Å². The summed E-state index contributed by atoms with van der Waals surface area (Å²) < 4.78 is 14.2. The second-order valence-electron chi connectivity index (χ2n) is 15.2. The molecule has 0 unspecified atom stereocenters. The first-order valence-corrected chi connectivity index (χ1v) is 21.1. The Hall–Kier alpha value is -7.12. The van der Waals surface area contributed by atoms with Crippen LogP contribution in [0.5, 0.6) is 0 Å². The average Bonchev–Trinajstić information content (AvgIpc) is 3.92. The number of para-hydroxylation sites is 1. The zero-order chi connectivity index (χ0) is 37.6. The van der Waals surface area contributed by atoms with E-state index in [9.17, 15) is 0 Å². The zero-order valence-corrected chi connectivity index (χ0v) is 32.3. The summed E-state index contributed by atoms with van der Waals surface area (Å²) in [4.78, 5) is 10.8. The van der Waals surface area contributed by atoms with E-state index >= 15 is 0 Å². The molecule has 5 heterocycles. The molecule has 6 heteroatoms. The molecule has 14 rings (SSSR count). The molecule has 0 aliphatic rings. The van der Waals surface area contributed by atoms with E-state index < -0.39 is 0 Å². The van der Waals surface area contributed by atoms with Crippen molar-refractivity contribution in [3.63, 3.8) is 0 Å². The van der Waals surface area contributed by atoms with E-state index in [1.54, 1.807) is 11.3 Å². The lowest BCUT2D eigenvalue weighted by Crippen LogP contribution is -1.99. The Morgan fingerprint density at radius 2 is 1.07 bits per heavy atom. The topological polar surface area (TPSA) is 43.9 Å². The van der Waals surface area contributed by atoms with Gasteiger partial charge in [-0.15, -0.1) is 22.7 Å². The number of thiophene rings is 1. The lowest BCUT2D eigenvalue weighted by atomic mass is 10.00. The van der Waals surface area contributed by atoms with Crippen molar-refractivity contribution in [2.75, 3.05) is 0 Å². The van der Waals surface area contributed by atoms with Crippen LogP contribution in [0.1, 0.15) is 0 Å². The highest BCUT2D eigenvalue weighted by molar-refractivity contribution is 7.26. The average molecular weight is 774 g/mol. The Bertz CT molecular complexity index is 3950. The van der Waals surface area contributed by atoms with Crippen LogP contribution >= 0.6 is 22.7 Å². The van der Waals surface area contributed by atoms with Crippen LogP contribution in [0.2, 0.25) is 0 Å². The highest BCUT2D eigenvalue weighted by Gasteiger charge is 2.24. The molecule has 14 aromatic rings. The molecule has 0 saturated carbocycles. The monoisotopic (exact) mass is 773 g/mol. The molecule has 58 heavy (non-hydrogen) atoms. The summed E-state index contributed by atoms with van der Waals surface area (Å²) in [7, 11) is 0. The van der Waals surface area contributed by atoms with E-state index in [4.69, 9.17) is 14.4 Å². The molecule has 0 fully saturated rings. The van der Waals surface area contributed by atoms with Gasteiger partial charge < -0.3 is 8.98 Å². The first-order valence-electron chi connectivity index (χ1n) is 19.5. The molecule has 5 aromatic heterocycles. The van der Waals surface area contributed by atoms with Gasteiger partial charge in [-0.05, 0) is 70.8 Å². The third-order valence-corrected chi connectivity index (χ3v) is 14.5. The fraction of sp³-hybridized carbons (Fsp3) is 0. The molecule has 0 saturated heterocycles. The molecule has 0 bridgehead atoms. The second-order valence-corrected chi connectivity index (χ2v) is 17.3. The quantitative estimate of drug-likeness (QED) is 0.180. The number of benzene rings is 9. The van der Waals surface area contributed by atoms with Gasteiger partial charge in [0.05, 0.1) is 16.7 Å². The largest absolute Gasteiger partial charge is 0.452 e. The molecule has 0 atom stereocenters. The third kappa shape index (κ3) is 4.02. The molecule has 0 amide bonds. The van der Waals surface area contributed by atoms with Crippen LogP contribution in [0.25, 0.3) is 134 Å². The first-order chi connectivity index (χ1) is 28.8. The minimum atomic E-state index is 0.676. The molecular weight excluding hydrogens is 747 g/mol. The van der Waals surface area contributed by atoms with Gasteiger partial charge in [-0.1, -0.05) is 109 Å². The van der Waals surface area contributed by atoms with Gasteiger partial charge in [-0.3, -0.25) is 0 Å². The zero-order valence-electron chi connectivity index (χ0n) is 30.7. The fourth-order valence-corrected chi connectivity index (χ4v) is 12.1. The van der Waals surface area contributed by atoms with E-state index in [1.807, 2.05) is 23.5 Å². The van der Waals surface area contributed by atoms with E-state index in [-0.39, 0.29) is 0 Å². The van der Waals surface area contributed by atoms with Crippen molar-refractivity contribution < 1.29 is 4.42 Å². The van der Waals surface area contributed by atoms with Gasteiger partial charge in [0.2, 0.25) is 0 Å². The minimum Gasteiger partial charge on any atom is -0.452 e. The van der Waals surface area contributed by atoms with Gasteiger partial charge in [0, 0.05) is 73.0 Å². The summed E-state index contributed by atoms with van der Waals surface area (Å²) in [5.41, 5.74) is 8.72. The van der Waals surface area contributed by atoms with Gasteiger partial charge in [-0.2, -0.15) is 0 Å². The Balaban J connectivity index is 1.07. The summed E-state index contributed by atoms with van der Waals surface area (Å²) >= 11 is 3.69. The number of fused-ring (bicyclic) bond motifs is 7. The predicted octanol–water partition coefficient (Wildman–Crippen LogP) is 15.3. The minimum absolute atomic E-state index is 0.676.